The maximum atomic E-state index is 14.0. The van der Waals surface area contributed by atoms with Crippen molar-refractivity contribution in [2.45, 2.75) is 50.3 Å². The number of amides is 3. The summed E-state index contributed by atoms with van der Waals surface area (Å²) in [5.41, 5.74) is -0.984. The van der Waals surface area contributed by atoms with Crippen LogP contribution in [-0.2, 0) is 6.54 Å². The second-order valence-electron chi connectivity index (χ2n) is 11.4. The zero-order chi connectivity index (χ0) is 27.8. The van der Waals surface area contributed by atoms with Crippen LogP contribution in [0.4, 0.5) is 15.4 Å². The van der Waals surface area contributed by atoms with Crippen molar-refractivity contribution >= 4 is 17.9 Å². The fraction of sp³-hybridized carbons (Fsp3) is 0.571. The Morgan fingerprint density at radius 3 is 2.41 bits per heavy atom. The van der Waals surface area contributed by atoms with Crippen molar-refractivity contribution in [3.05, 3.63) is 58.6 Å². The van der Waals surface area contributed by atoms with Gasteiger partial charge in [0.15, 0.2) is 0 Å². The molecule has 2 atom stereocenters. The number of urea groups is 1. The van der Waals surface area contributed by atoms with Gasteiger partial charge in [-0.3, -0.25) is 9.36 Å². The van der Waals surface area contributed by atoms with Crippen LogP contribution in [0.25, 0.3) is 0 Å². The van der Waals surface area contributed by atoms with Gasteiger partial charge in [-0.1, -0.05) is 43.2 Å². The van der Waals surface area contributed by atoms with Gasteiger partial charge in [0, 0.05) is 58.3 Å². The van der Waals surface area contributed by atoms with Crippen molar-refractivity contribution in [3.8, 4) is 0 Å². The molecule has 39 heavy (non-hydrogen) atoms. The molecule has 0 radical (unpaired) electrons. The lowest BCUT2D eigenvalue weighted by Gasteiger charge is -2.53. The molecule has 1 saturated carbocycles. The van der Waals surface area contributed by atoms with E-state index < -0.39 is 17.1 Å². The Hall–Kier alpha value is -3.60. The first kappa shape index (κ1) is 27.0. The van der Waals surface area contributed by atoms with Gasteiger partial charge < -0.3 is 29.8 Å². The van der Waals surface area contributed by atoms with E-state index >= 15 is 0 Å². The molecule has 1 aromatic heterocycles. The molecule has 0 unspecified atom stereocenters. The van der Waals surface area contributed by atoms with Crippen molar-refractivity contribution in [1.29, 1.82) is 0 Å². The van der Waals surface area contributed by atoms with Crippen LogP contribution in [0.5, 0.6) is 0 Å². The number of carbonyl (C=O) groups is 2. The van der Waals surface area contributed by atoms with Crippen LogP contribution in [0.3, 0.4) is 0 Å². The van der Waals surface area contributed by atoms with E-state index in [1.54, 1.807) is 9.80 Å². The van der Waals surface area contributed by atoms with E-state index in [0.717, 1.165) is 31.2 Å². The van der Waals surface area contributed by atoms with Gasteiger partial charge in [0.2, 0.25) is 0 Å². The summed E-state index contributed by atoms with van der Waals surface area (Å²) in [5.74, 6) is 0.565. The molecular formula is C28H38N6O5. The third-order valence-electron chi connectivity index (χ3n) is 8.94. The highest BCUT2D eigenvalue weighted by molar-refractivity contribution is 5.76. The number of benzene rings is 1. The van der Waals surface area contributed by atoms with Gasteiger partial charge in [-0.2, -0.15) is 0 Å². The number of likely N-dealkylation sites (tertiary alicyclic amines) is 1. The summed E-state index contributed by atoms with van der Waals surface area (Å²) < 4.78 is 1.49. The van der Waals surface area contributed by atoms with Crippen molar-refractivity contribution in [3.63, 3.8) is 0 Å². The quantitative estimate of drug-likeness (QED) is 0.613. The zero-order valence-electron chi connectivity index (χ0n) is 22.7. The number of hydrogen-bond donors (Lipinski definition) is 2. The standard InChI is InChI=1S/C28H38N6O5/c1-30(2)23-16-24(35)33(20-29-23)19-28(39)12-13-32(18-27(28)10-6-7-11-27)25(36)34-15-14-31(26(37)38)17-22(34)21-8-4-3-5-9-21/h3-5,8-9,16,20,22,39H,6-7,10-15,17-19H2,1-2H3,(H,37,38)/t22-,28+/m0/s1. The Kier molecular flexibility index (Phi) is 7.28. The minimum atomic E-state index is -1.15. The first-order valence-corrected chi connectivity index (χ1v) is 13.7. The Morgan fingerprint density at radius 2 is 1.77 bits per heavy atom. The minimum absolute atomic E-state index is 0.128. The fourth-order valence-corrected chi connectivity index (χ4v) is 6.65. The Balaban J connectivity index is 1.38. The normalized spacial score (nSPS) is 24.7. The fourth-order valence-electron chi connectivity index (χ4n) is 6.65. The molecule has 5 rings (SSSR count). The molecule has 11 heteroatoms. The van der Waals surface area contributed by atoms with Gasteiger partial charge in [-0.05, 0) is 24.8 Å². The maximum absolute atomic E-state index is 14.0. The second kappa shape index (κ2) is 10.5. The molecule has 3 aliphatic rings. The number of anilines is 1. The number of hydrogen-bond acceptors (Lipinski definition) is 6. The monoisotopic (exact) mass is 538 g/mol. The van der Waals surface area contributed by atoms with E-state index in [2.05, 4.69) is 4.98 Å². The van der Waals surface area contributed by atoms with Crippen LogP contribution < -0.4 is 10.5 Å². The number of carbonyl (C=O) groups excluding carboxylic acids is 1. The number of rotatable bonds is 4. The van der Waals surface area contributed by atoms with Crippen LogP contribution >= 0.6 is 0 Å². The van der Waals surface area contributed by atoms with E-state index in [1.165, 1.54) is 21.9 Å². The lowest BCUT2D eigenvalue weighted by molar-refractivity contribution is -0.137. The summed E-state index contributed by atoms with van der Waals surface area (Å²) in [7, 11) is 3.65. The largest absolute Gasteiger partial charge is 0.465 e. The highest BCUT2D eigenvalue weighted by Crippen LogP contribution is 2.51. The van der Waals surface area contributed by atoms with E-state index in [4.69, 9.17) is 0 Å². The molecule has 3 heterocycles. The topological polar surface area (TPSA) is 122 Å². The molecule has 2 saturated heterocycles. The number of carboxylic acid groups (broad SMARTS) is 1. The van der Waals surface area contributed by atoms with Gasteiger partial charge in [-0.25, -0.2) is 14.6 Å². The molecule has 3 amide bonds. The summed E-state index contributed by atoms with van der Waals surface area (Å²) in [6.45, 7) is 1.67. The van der Waals surface area contributed by atoms with Crippen LogP contribution in [-0.4, -0.2) is 99.0 Å². The third-order valence-corrected chi connectivity index (χ3v) is 8.94. The van der Waals surface area contributed by atoms with Crippen LogP contribution in [0.2, 0.25) is 0 Å². The summed E-state index contributed by atoms with van der Waals surface area (Å²) in [5, 5.41) is 21.7. The van der Waals surface area contributed by atoms with Crippen molar-refractivity contribution in [2.75, 3.05) is 51.7 Å². The van der Waals surface area contributed by atoms with Gasteiger partial charge >= 0.3 is 12.1 Å². The predicted molar refractivity (Wildman–Crippen MR) is 146 cm³/mol. The van der Waals surface area contributed by atoms with E-state index in [9.17, 15) is 24.6 Å². The SMILES string of the molecule is CN(C)c1cc(=O)n(C[C@]2(O)CCN(C(=O)N3CCN(C(=O)O)C[C@H]3c3ccccc3)CC23CCCC3)cn1. The van der Waals surface area contributed by atoms with Crippen molar-refractivity contribution < 1.29 is 19.8 Å². The molecule has 210 valence electrons. The average molecular weight is 539 g/mol. The van der Waals surface area contributed by atoms with Crippen molar-refractivity contribution in [2.24, 2.45) is 5.41 Å². The highest BCUT2D eigenvalue weighted by atomic mass is 16.4. The van der Waals surface area contributed by atoms with E-state index in [0.29, 0.717) is 31.9 Å². The summed E-state index contributed by atoms with van der Waals surface area (Å²) in [6.07, 6.45) is 4.34. The van der Waals surface area contributed by atoms with Crippen molar-refractivity contribution in [1.82, 2.24) is 24.3 Å². The molecule has 0 bridgehead atoms. The maximum Gasteiger partial charge on any atom is 0.407 e. The number of aromatic nitrogens is 2. The zero-order valence-corrected chi connectivity index (χ0v) is 22.7. The van der Waals surface area contributed by atoms with E-state index in [1.807, 2.05) is 49.3 Å². The van der Waals surface area contributed by atoms with Gasteiger partial charge in [0.25, 0.3) is 5.56 Å². The molecule has 3 fully saturated rings. The van der Waals surface area contributed by atoms with Crippen LogP contribution in [0.15, 0.2) is 47.5 Å². The second-order valence-corrected chi connectivity index (χ2v) is 11.4. The number of aliphatic hydroxyl groups is 1. The molecule has 1 spiro atoms. The summed E-state index contributed by atoms with van der Waals surface area (Å²) in [6, 6.07) is 10.5. The van der Waals surface area contributed by atoms with Gasteiger partial charge in [0.05, 0.1) is 24.5 Å². The molecular weight excluding hydrogens is 500 g/mol. The molecule has 1 aliphatic carbocycles. The Labute approximate surface area is 228 Å². The van der Waals surface area contributed by atoms with Crippen LogP contribution in [0.1, 0.15) is 43.7 Å². The third kappa shape index (κ3) is 5.07. The van der Waals surface area contributed by atoms with E-state index in [-0.39, 0.29) is 37.3 Å². The highest BCUT2D eigenvalue weighted by Gasteiger charge is 2.56. The lowest BCUT2D eigenvalue weighted by atomic mass is 9.66. The first-order valence-electron chi connectivity index (χ1n) is 13.7. The van der Waals surface area contributed by atoms with Gasteiger partial charge in [-0.15, -0.1) is 0 Å². The molecule has 2 aromatic rings. The molecule has 11 nitrogen and oxygen atoms in total. The minimum Gasteiger partial charge on any atom is -0.465 e. The molecule has 2 N–H and O–H groups in total. The number of nitrogens with zero attached hydrogens (tertiary/aromatic N) is 6. The Morgan fingerprint density at radius 1 is 1.05 bits per heavy atom. The molecule has 2 aliphatic heterocycles. The summed E-state index contributed by atoms with van der Waals surface area (Å²) >= 11 is 0. The Bertz CT molecular complexity index is 1260. The first-order chi connectivity index (χ1) is 18.6. The smallest absolute Gasteiger partial charge is 0.407 e. The summed E-state index contributed by atoms with van der Waals surface area (Å²) in [4.78, 5) is 49.7. The van der Waals surface area contributed by atoms with Gasteiger partial charge in [0.1, 0.15) is 5.82 Å². The average Bonchev–Trinajstić information content (AvgIpc) is 3.41. The molecule has 1 aromatic carbocycles. The number of piperazine rings is 1. The predicted octanol–water partition coefficient (Wildman–Crippen LogP) is 2.46. The van der Waals surface area contributed by atoms with Crippen LogP contribution in [0, 0.1) is 5.41 Å². The lowest BCUT2D eigenvalue weighted by Crippen LogP contribution is -2.64. The number of piperidine rings is 1.